The molecule has 26 heavy (non-hydrogen) atoms. The van der Waals surface area contributed by atoms with Crippen LogP contribution in [0.4, 0.5) is 5.69 Å². The molecule has 0 spiro atoms. The van der Waals surface area contributed by atoms with Gasteiger partial charge in [0.2, 0.25) is 5.91 Å². The Balaban J connectivity index is 1.62. The maximum absolute atomic E-state index is 12.5. The molecular weight excluding hydrogens is 352 g/mol. The minimum Gasteiger partial charge on any atom is -0.352 e. The number of benzene rings is 2. The maximum Gasteiger partial charge on any atom is 0.251 e. The molecule has 1 aliphatic rings. The number of rotatable bonds is 5. The summed E-state index contributed by atoms with van der Waals surface area (Å²) in [6, 6.07) is 14.1. The molecule has 2 unspecified atom stereocenters. The van der Waals surface area contributed by atoms with E-state index in [4.69, 9.17) is 11.6 Å². The van der Waals surface area contributed by atoms with Crippen molar-refractivity contribution in [2.45, 2.75) is 25.4 Å². The second-order valence-corrected chi connectivity index (χ2v) is 6.55. The first kappa shape index (κ1) is 18.4. The van der Waals surface area contributed by atoms with Crippen molar-refractivity contribution in [3.8, 4) is 0 Å². The second kappa shape index (κ2) is 8.31. The van der Waals surface area contributed by atoms with Crippen molar-refractivity contribution in [3.63, 3.8) is 0 Å². The number of carbonyl (C=O) groups excluding carboxylic acids is 2. The van der Waals surface area contributed by atoms with Gasteiger partial charge in [0, 0.05) is 28.9 Å². The molecule has 1 fully saturated rings. The Hall–Kier alpha value is -2.41. The van der Waals surface area contributed by atoms with E-state index in [0.29, 0.717) is 29.2 Å². The smallest absolute Gasteiger partial charge is 0.251 e. The zero-order valence-electron chi connectivity index (χ0n) is 14.4. The fourth-order valence-corrected chi connectivity index (χ4v) is 3.10. The van der Waals surface area contributed by atoms with Crippen LogP contribution in [0.15, 0.2) is 48.5 Å². The highest BCUT2D eigenvalue weighted by molar-refractivity contribution is 6.30. The highest BCUT2D eigenvalue weighted by Crippen LogP contribution is 2.25. The van der Waals surface area contributed by atoms with E-state index in [9.17, 15) is 9.59 Å². The molecule has 1 heterocycles. The van der Waals surface area contributed by atoms with Gasteiger partial charge in [0.25, 0.3) is 5.91 Å². The number of hydrogen-bond donors (Lipinski definition) is 4. The van der Waals surface area contributed by atoms with Crippen molar-refractivity contribution < 1.29 is 9.59 Å². The molecule has 4 N–H and O–H groups in total. The van der Waals surface area contributed by atoms with Gasteiger partial charge in [-0.25, -0.2) is 10.9 Å². The Labute approximate surface area is 157 Å². The third-order valence-electron chi connectivity index (χ3n) is 4.20. The summed E-state index contributed by atoms with van der Waals surface area (Å²) in [4.78, 5) is 24.4. The normalized spacial score (nSPS) is 19.2. The van der Waals surface area contributed by atoms with Crippen molar-refractivity contribution in [2.24, 2.45) is 0 Å². The minimum atomic E-state index is -0.382. The van der Waals surface area contributed by atoms with Crippen LogP contribution in [0.2, 0.25) is 5.02 Å². The summed E-state index contributed by atoms with van der Waals surface area (Å²) in [5, 5.41) is 6.26. The van der Waals surface area contributed by atoms with E-state index in [1.54, 1.807) is 24.3 Å². The Morgan fingerprint density at radius 1 is 1.15 bits per heavy atom. The van der Waals surface area contributed by atoms with Gasteiger partial charge in [-0.2, -0.15) is 0 Å². The predicted molar refractivity (Wildman–Crippen MR) is 102 cm³/mol. The van der Waals surface area contributed by atoms with Crippen LogP contribution >= 0.6 is 11.6 Å². The van der Waals surface area contributed by atoms with Crippen LogP contribution in [-0.2, 0) is 4.79 Å². The number of amides is 2. The second-order valence-electron chi connectivity index (χ2n) is 6.11. The summed E-state index contributed by atoms with van der Waals surface area (Å²) in [7, 11) is 0. The predicted octanol–water partition coefficient (Wildman–Crippen LogP) is 2.64. The lowest BCUT2D eigenvalue weighted by atomic mass is 10.0. The standard InChI is InChI=1S/C19H21ClN4O2/c1-2-21-18(25)13-6-4-8-15(10-13)22-19(26)17-11-16(23-24-17)12-5-3-7-14(20)9-12/h3-10,16-17,23-24H,2,11H2,1H3,(H,21,25)(H,22,26). The molecule has 1 aliphatic heterocycles. The number of carbonyl (C=O) groups is 2. The van der Waals surface area contributed by atoms with Crippen molar-refractivity contribution in [1.82, 2.24) is 16.2 Å². The van der Waals surface area contributed by atoms with Gasteiger partial charge in [-0.15, -0.1) is 0 Å². The van der Waals surface area contributed by atoms with E-state index < -0.39 is 0 Å². The molecule has 0 radical (unpaired) electrons. The fraction of sp³-hybridized carbons (Fsp3) is 0.263. The molecule has 0 bridgehead atoms. The molecular formula is C19H21ClN4O2. The molecule has 7 heteroatoms. The molecule has 6 nitrogen and oxygen atoms in total. The van der Waals surface area contributed by atoms with Gasteiger partial charge < -0.3 is 10.6 Å². The lowest BCUT2D eigenvalue weighted by molar-refractivity contribution is -0.117. The quantitative estimate of drug-likeness (QED) is 0.650. The van der Waals surface area contributed by atoms with Gasteiger partial charge in [-0.1, -0.05) is 29.8 Å². The van der Waals surface area contributed by atoms with Crippen LogP contribution in [0.25, 0.3) is 0 Å². The summed E-state index contributed by atoms with van der Waals surface area (Å²) in [5.74, 6) is -0.319. The van der Waals surface area contributed by atoms with E-state index in [0.717, 1.165) is 5.56 Å². The number of halogens is 1. The Morgan fingerprint density at radius 2 is 1.96 bits per heavy atom. The maximum atomic E-state index is 12.5. The first-order valence-electron chi connectivity index (χ1n) is 8.52. The van der Waals surface area contributed by atoms with E-state index in [1.807, 2.05) is 31.2 Å². The molecule has 2 aromatic rings. The summed E-state index contributed by atoms with van der Waals surface area (Å²) in [6.07, 6.45) is 0.599. The number of hydrazine groups is 1. The highest BCUT2D eigenvalue weighted by atomic mass is 35.5. The molecule has 0 aliphatic carbocycles. The highest BCUT2D eigenvalue weighted by Gasteiger charge is 2.30. The first-order chi connectivity index (χ1) is 12.6. The molecule has 2 amide bonds. The van der Waals surface area contributed by atoms with E-state index in [-0.39, 0.29) is 23.9 Å². The monoisotopic (exact) mass is 372 g/mol. The zero-order valence-corrected chi connectivity index (χ0v) is 15.1. The van der Waals surface area contributed by atoms with Crippen LogP contribution < -0.4 is 21.5 Å². The summed E-state index contributed by atoms with van der Waals surface area (Å²) >= 11 is 6.03. The van der Waals surface area contributed by atoms with Gasteiger partial charge in [-0.3, -0.25) is 9.59 Å². The first-order valence-corrected chi connectivity index (χ1v) is 8.90. The van der Waals surface area contributed by atoms with Crippen molar-refractivity contribution >= 4 is 29.1 Å². The van der Waals surface area contributed by atoms with Crippen molar-refractivity contribution in [1.29, 1.82) is 0 Å². The zero-order chi connectivity index (χ0) is 18.5. The van der Waals surface area contributed by atoms with E-state index >= 15 is 0 Å². The Bertz CT molecular complexity index is 812. The van der Waals surface area contributed by atoms with Crippen molar-refractivity contribution in [2.75, 3.05) is 11.9 Å². The van der Waals surface area contributed by atoms with Gasteiger partial charge >= 0.3 is 0 Å². The van der Waals surface area contributed by atoms with Crippen LogP contribution in [-0.4, -0.2) is 24.4 Å². The van der Waals surface area contributed by atoms with Gasteiger partial charge in [0.15, 0.2) is 0 Å². The SMILES string of the molecule is CCNC(=O)c1cccc(NC(=O)C2CC(c3cccc(Cl)c3)NN2)c1. The van der Waals surface area contributed by atoms with Crippen molar-refractivity contribution in [3.05, 3.63) is 64.7 Å². The molecule has 136 valence electrons. The van der Waals surface area contributed by atoms with Crippen LogP contribution in [0.1, 0.15) is 35.3 Å². The van der Waals surface area contributed by atoms with Crippen LogP contribution in [0, 0.1) is 0 Å². The van der Waals surface area contributed by atoms with Crippen LogP contribution in [0.5, 0.6) is 0 Å². The molecule has 0 saturated carbocycles. The van der Waals surface area contributed by atoms with E-state index in [1.165, 1.54) is 0 Å². The van der Waals surface area contributed by atoms with Crippen LogP contribution in [0.3, 0.4) is 0 Å². The summed E-state index contributed by atoms with van der Waals surface area (Å²) in [6.45, 7) is 2.41. The summed E-state index contributed by atoms with van der Waals surface area (Å²) < 4.78 is 0. The average molecular weight is 373 g/mol. The third kappa shape index (κ3) is 4.40. The Morgan fingerprint density at radius 3 is 2.73 bits per heavy atom. The Kier molecular flexibility index (Phi) is 5.88. The lowest BCUT2D eigenvalue weighted by Gasteiger charge is -2.12. The van der Waals surface area contributed by atoms with Gasteiger partial charge in [0.05, 0.1) is 0 Å². The minimum absolute atomic E-state index is 0.00566. The number of nitrogens with one attached hydrogen (secondary N) is 4. The average Bonchev–Trinajstić information content (AvgIpc) is 3.12. The van der Waals surface area contributed by atoms with Gasteiger partial charge in [-0.05, 0) is 49.2 Å². The molecule has 0 aromatic heterocycles. The third-order valence-corrected chi connectivity index (χ3v) is 4.44. The van der Waals surface area contributed by atoms with E-state index in [2.05, 4.69) is 21.5 Å². The molecule has 2 atom stereocenters. The largest absolute Gasteiger partial charge is 0.352 e. The molecule has 3 rings (SSSR count). The molecule has 2 aromatic carbocycles. The van der Waals surface area contributed by atoms with Gasteiger partial charge in [0.1, 0.15) is 6.04 Å². The number of hydrogen-bond acceptors (Lipinski definition) is 4. The number of anilines is 1. The molecule has 1 saturated heterocycles. The summed E-state index contributed by atoms with van der Waals surface area (Å²) in [5.41, 5.74) is 8.28. The lowest BCUT2D eigenvalue weighted by Crippen LogP contribution is -2.39. The fourth-order valence-electron chi connectivity index (χ4n) is 2.90. The topological polar surface area (TPSA) is 82.3 Å².